The highest BCUT2D eigenvalue weighted by Gasteiger charge is 2.13. The number of rotatable bonds is 6. The molecule has 0 aliphatic carbocycles. The summed E-state index contributed by atoms with van der Waals surface area (Å²) in [7, 11) is 3.15. The number of hydrogen-bond acceptors (Lipinski definition) is 8. The van der Waals surface area contributed by atoms with Gasteiger partial charge in [0.05, 0.1) is 32.5 Å². The maximum absolute atomic E-state index is 12.4. The van der Waals surface area contributed by atoms with Crippen LogP contribution in [0.25, 0.3) is 22.4 Å². The molecule has 0 unspecified atom stereocenters. The second-order valence-electron chi connectivity index (χ2n) is 5.90. The fourth-order valence-corrected chi connectivity index (χ4v) is 3.23. The first kappa shape index (κ1) is 17.9. The molecule has 2 aromatic heterocycles. The van der Waals surface area contributed by atoms with Gasteiger partial charge in [0.25, 0.3) is 5.91 Å². The number of nitrogens with zero attached hydrogens (tertiary/aromatic N) is 3. The molecule has 9 heteroatoms. The van der Waals surface area contributed by atoms with Crippen molar-refractivity contribution in [1.82, 2.24) is 19.2 Å². The fourth-order valence-electron chi connectivity index (χ4n) is 2.72. The van der Waals surface area contributed by atoms with E-state index >= 15 is 0 Å². The number of methoxy groups -OCH3 is 2. The molecule has 2 aromatic carbocycles. The van der Waals surface area contributed by atoms with Crippen molar-refractivity contribution >= 4 is 28.7 Å². The predicted molar refractivity (Wildman–Crippen MR) is 104 cm³/mol. The molecule has 4 aromatic rings. The zero-order valence-corrected chi connectivity index (χ0v) is 15.9. The van der Waals surface area contributed by atoms with Crippen LogP contribution in [0.3, 0.4) is 0 Å². The highest BCUT2D eigenvalue weighted by Crippen LogP contribution is 2.32. The van der Waals surface area contributed by atoms with Crippen LogP contribution in [0.5, 0.6) is 11.5 Å². The molecule has 0 bridgehead atoms. The largest absolute Gasteiger partial charge is 0.493 e. The van der Waals surface area contributed by atoms with Crippen molar-refractivity contribution in [2.45, 2.75) is 6.54 Å². The molecule has 1 N–H and O–H groups in total. The molecule has 0 saturated heterocycles. The van der Waals surface area contributed by atoms with Gasteiger partial charge in [0.2, 0.25) is 0 Å². The number of carbonyl (C=O) groups is 1. The zero-order chi connectivity index (χ0) is 19.5. The van der Waals surface area contributed by atoms with E-state index < -0.39 is 0 Å². The average Bonchev–Trinajstić information content (AvgIpc) is 3.40. The Labute approximate surface area is 164 Å². The summed E-state index contributed by atoms with van der Waals surface area (Å²) in [5, 5.41) is 6.84. The van der Waals surface area contributed by atoms with Gasteiger partial charge in [0, 0.05) is 17.2 Å². The van der Waals surface area contributed by atoms with Crippen LogP contribution in [0, 0.1) is 0 Å². The van der Waals surface area contributed by atoms with Crippen molar-refractivity contribution in [3.63, 3.8) is 0 Å². The van der Waals surface area contributed by atoms with Crippen molar-refractivity contribution in [2.24, 2.45) is 0 Å². The summed E-state index contributed by atoms with van der Waals surface area (Å²) in [6.07, 6.45) is 0. The van der Waals surface area contributed by atoms with Gasteiger partial charge in [-0.1, -0.05) is 5.16 Å². The van der Waals surface area contributed by atoms with E-state index in [1.807, 2.05) is 6.07 Å². The van der Waals surface area contributed by atoms with Crippen molar-refractivity contribution in [3.05, 3.63) is 53.7 Å². The van der Waals surface area contributed by atoms with Gasteiger partial charge in [-0.25, -0.2) is 0 Å². The second-order valence-corrected chi connectivity index (χ2v) is 6.43. The Morgan fingerprint density at radius 3 is 2.68 bits per heavy atom. The number of hydrogen-bond donors (Lipinski definition) is 1. The lowest BCUT2D eigenvalue weighted by atomic mass is 10.1. The number of nitrogens with one attached hydrogen (secondary N) is 1. The SMILES string of the molecule is COc1ccc(-c2cc(CNC(=O)c3ccc4nsnc4c3)no2)cc1OC. The summed E-state index contributed by atoms with van der Waals surface area (Å²) in [5.74, 6) is 1.58. The van der Waals surface area contributed by atoms with Crippen molar-refractivity contribution in [2.75, 3.05) is 14.2 Å². The second kappa shape index (κ2) is 7.65. The topological polar surface area (TPSA) is 99.4 Å². The molecule has 0 saturated carbocycles. The van der Waals surface area contributed by atoms with Crippen LogP contribution in [0.4, 0.5) is 0 Å². The number of fused-ring (bicyclic) bond motifs is 1. The fraction of sp³-hybridized carbons (Fsp3) is 0.158. The third kappa shape index (κ3) is 3.52. The molecular weight excluding hydrogens is 380 g/mol. The van der Waals surface area contributed by atoms with E-state index in [0.717, 1.165) is 22.8 Å². The van der Waals surface area contributed by atoms with Gasteiger partial charge in [-0.15, -0.1) is 0 Å². The third-order valence-electron chi connectivity index (χ3n) is 4.17. The Morgan fingerprint density at radius 1 is 1.04 bits per heavy atom. The van der Waals surface area contributed by atoms with Crippen molar-refractivity contribution in [1.29, 1.82) is 0 Å². The molecule has 0 radical (unpaired) electrons. The van der Waals surface area contributed by atoms with Gasteiger partial charge in [-0.3, -0.25) is 4.79 Å². The Balaban J connectivity index is 1.45. The molecule has 0 fully saturated rings. The van der Waals surface area contributed by atoms with Gasteiger partial charge in [-0.05, 0) is 36.4 Å². The Hall–Kier alpha value is -3.46. The first-order valence-electron chi connectivity index (χ1n) is 8.36. The van der Waals surface area contributed by atoms with E-state index in [2.05, 4.69) is 19.2 Å². The maximum Gasteiger partial charge on any atom is 0.251 e. The number of ether oxygens (including phenoxy) is 2. The van der Waals surface area contributed by atoms with E-state index in [9.17, 15) is 4.79 Å². The van der Waals surface area contributed by atoms with Crippen LogP contribution in [-0.4, -0.2) is 34.0 Å². The lowest BCUT2D eigenvalue weighted by molar-refractivity contribution is 0.0950. The smallest absolute Gasteiger partial charge is 0.251 e. The molecule has 2 heterocycles. The first-order valence-corrected chi connectivity index (χ1v) is 9.09. The molecule has 0 aliphatic heterocycles. The first-order chi connectivity index (χ1) is 13.7. The maximum atomic E-state index is 12.4. The molecule has 142 valence electrons. The highest BCUT2D eigenvalue weighted by atomic mass is 32.1. The van der Waals surface area contributed by atoms with Gasteiger partial charge < -0.3 is 19.3 Å². The molecular formula is C19H16N4O4S. The van der Waals surface area contributed by atoms with E-state index in [-0.39, 0.29) is 12.5 Å². The summed E-state index contributed by atoms with van der Waals surface area (Å²) in [5.41, 5.74) is 3.40. The van der Waals surface area contributed by atoms with Crippen molar-refractivity contribution < 1.29 is 18.8 Å². The van der Waals surface area contributed by atoms with Crippen LogP contribution in [-0.2, 0) is 6.54 Å². The Morgan fingerprint density at radius 2 is 1.86 bits per heavy atom. The van der Waals surface area contributed by atoms with Gasteiger partial charge in [-0.2, -0.15) is 8.75 Å². The minimum Gasteiger partial charge on any atom is -0.493 e. The molecule has 0 spiro atoms. The van der Waals surface area contributed by atoms with Crippen LogP contribution >= 0.6 is 11.7 Å². The normalized spacial score (nSPS) is 10.8. The van der Waals surface area contributed by atoms with Crippen LogP contribution in [0.1, 0.15) is 16.1 Å². The quantitative estimate of drug-likeness (QED) is 0.534. The third-order valence-corrected chi connectivity index (χ3v) is 4.73. The number of benzene rings is 2. The van der Waals surface area contributed by atoms with Gasteiger partial charge in [0.15, 0.2) is 17.3 Å². The molecule has 0 aliphatic rings. The summed E-state index contributed by atoms with van der Waals surface area (Å²) in [4.78, 5) is 12.4. The Bertz CT molecular complexity index is 1140. The van der Waals surface area contributed by atoms with Crippen LogP contribution < -0.4 is 14.8 Å². The lowest BCUT2D eigenvalue weighted by Crippen LogP contribution is -2.22. The van der Waals surface area contributed by atoms with Crippen molar-refractivity contribution in [3.8, 4) is 22.8 Å². The number of carbonyl (C=O) groups excluding carboxylic acids is 1. The minimum atomic E-state index is -0.217. The highest BCUT2D eigenvalue weighted by molar-refractivity contribution is 7.00. The van der Waals surface area contributed by atoms with E-state index in [0.29, 0.717) is 34.0 Å². The molecule has 4 rings (SSSR count). The minimum absolute atomic E-state index is 0.217. The van der Waals surface area contributed by atoms with E-state index in [4.69, 9.17) is 14.0 Å². The standard InChI is InChI=1S/C19H16N4O4S/c1-25-16-6-4-11(8-18(16)26-2)17-9-13(21-27-17)10-20-19(24)12-3-5-14-15(7-12)23-28-22-14/h3-9H,10H2,1-2H3,(H,20,24). The lowest BCUT2D eigenvalue weighted by Gasteiger charge is -2.07. The zero-order valence-electron chi connectivity index (χ0n) is 15.1. The summed E-state index contributed by atoms with van der Waals surface area (Å²) < 4.78 is 24.2. The number of amides is 1. The molecule has 8 nitrogen and oxygen atoms in total. The summed E-state index contributed by atoms with van der Waals surface area (Å²) in [6, 6.07) is 12.4. The Kier molecular flexibility index (Phi) is 4.90. The van der Waals surface area contributed by atoms with Gasteiger partial charge >= 0.3 is 0 Å². The van der Waals surface area contributed by atoms with E-state index in [1.165, 1.54) is 0 Å². The van der Waals surface area contributed by atoms with Crippen LogP contribution in [0.15, 0.2) is 47.0 Å². The van der Waals surface area contributed by atoms with Gasteiger partial charge in [0.1, 0.15) is 16.7 Å². The summed E-state index contributed by atoms with van der Waals surface area (Å²) >= 11 is 1.12. The average molecular weight is 396 g/mol. The van der Waals surface area contributed by atoms with E-state index in [1.54, 1.807) is 50.6 Å². The monoisotopic (exact) mass is 396 g/mol. The summed E-state index contributed by atoms with van der Waals surface area (Å²) in [6.45, 7) is 0.239. The number of aromatic nitrogens is 3. The predicted octanol–water partition coefficient (Wildman–Crippen LogP) is 3.29. The molecule has 28 heavy (non-hydrogen) atoms. The molecule has 1 amide bonds. The molecule has 0 atom stereocenters. The van der Waals surface area contributed by atoms with Crippen LogP contribution in [0.2, 0.25) is 0 Å².